The van der Waals surface area contributed by atoms with Crippen LogP contribution in [-0.4, -0.2) is 38.0 Å². The van der Waals surface area contributed by atoms with Gasteiger partial charge < -0.3 is 9.84 Å². The number of aromatic nitrogens is 1. The Labute approximate surface area is 136 Å². The van der Waals surface area contributed by atoms with Crippen LogP contribution in [0.25, 0.3) is 11.3 Å². The summed E-state index contributed by atoms with van der Waals surface area (Å²) in [7, 11) is -3.48. The molecule has 1 aromatic heterocycles. The summed E-state index contributed by atoms with van der Waals surface area (Å²) in [6, 6.07) is 6.41. The van der Waals surface area contributed by atoms with Gasteiger partial charge in [-0.3, -0.25) is 4.98 Å². The Balaban J connectivity index is 2.57. The van der Waals surface area contributed by atoms with Crippen LogP contribution in [0.4, 0.5) is 13.2 Å². The van der Waals surface area contributed by atoms with E-state index in [2.05, 4.69) is 4.98 Å². The highest BCUT2D eigenvalue weighted by Crippen LogP contribution is 2.36. The number of pyridine rings is 1. The normalized spacial score (nSPS) is 12.2. The van der Waals surface area contributed by atoms with E-state index in [1.807, 2.05) is 0 Å². The average Bonchev–Trinajstić information content (AvgIpc) is 2.51. The van der Waals surface area contributed by atoms with E-state index in [1.165, 1.54) is 24.3 Å². The van der Waals surface area contributed by atoms with Crippen molar-refractivity contribution >= 4 is 9.84 Å². The molecule has 130 valence electrons. The topological polar surface area (TPSA) is 76.5 Å². The number of nitrogens with zero attached hydrogens (tertiary/aromatic N) is 1. The molecule has 0 aliphatic heterocycles. The summed E-state index contributed by atoms with van der Waals surface area (Å²) in [6.07, 6.45) is -2.93. The van der Waals surface area contributed by atoms with E-state index in [4.69, 9.17) is 9.84 Å². The quantitative estimate of drug-likeness (QED) is 0.886. The average molecular weight is 361 g/mol. The van der Waals surface area contributed by atoms with Gasteiger partial charge in [-0.05, 0) is 18.2 Å². The Morgan fingerprint density at radius 2 is 1.96 bits per heavy atom. The zero-order chi connectivity index (χ0) is 18.0. The van der Waals surface area contributed by atoms with E-state index in [9.17, 15) is 21.6 Å². The van der Waals surface area contributed by atoms with Crippen molar-refractivity contribution in [3.63, 3.8) is 0 Å². The maximum atomic E-state index is 12.8. The number of rotatable bonds is 5. The first-order valence-corrected chi connectivity index (χ1v) is 8.63. The number of hydrogen-bond donors (Lipinski definition) is 1. The first-order chi connectivity index (χ1) is 11.1. The molecule has 0 fully saturated rings. The molecule has 0 unspecified atom stereocenters. The van der Waals surface area contributed by atoms with Crippen LogP contribution in [0.5, 0.6) is 5.75 Å². The summed E-state index contributed by atoms with van der Waals surface area (Å²) in [6.45, 7) is -0.610. The molecule has 0 aliphatic carbocycles. The summed E-state index contributed by atoms with van der Waals surface area (Å²) in [5.41, 5.74) is -0.653. The molecule has 0 bridgehead atoms. The van der Waals surface area contributed by atoms with E-state index in [0.29, 0.717) is 11.8 Å². The summed E-state index contributed by atoms with van der Waals surface area (Å²) in [4.78, 5) is 3.78. The van der Waals surface area contributed by atoms with Gasteiger partial charge in [-0.25, -0.2) is 8.42 Å². The van der Waals surface area contributed by atoms with Crippen molar-refractivity contribution in [2.45, 2.75) is 11.1 Å². The lowest BCUT2D eigenvalue weighted by Crippen LogP contribution is -2.09. The van der Waals surface area contributed by atoms with Crippen LogP contribution in [0.2, 0.25) is 0 Å². The highest BCUT2D eigenvalue weighted by atomic mass is 32.2. The highest BCUT2D eigenvalue weighted by molar-refractivity contribution is 7.90. The first-order valence-electron chi connectivity index (χ1n) is 6.74. The number of alkyl halides is 3. The van der Waals surface area contributed by atoms with Crippen LogP contribution in [0.1, 0.15) is 5.56 Å². The molecule has 1 aromatic carbocycles. The number of benzene rings is 1. The van der Waals surface area contributed by atoms with Gasteiger partial charge in [-0.15, -0.1) is 0 Å². The molecule has 0 radical (unpaired) electrons. The van der Waals surface area contributed by atoms with Gasteiger partial charge in [0.15, 0.2) is 9.84 Å². The van der Waals surface area contributed by atoms with Crippen molar-refractivity contribution in [1.82, 2.24) is 4.98 Å². The van der Waals surface area contributed by atoms with Crippen LogP contribution in [0, 0.1) is 0 Å². The fourth-order valence-electron chi connectivity index (χ4n) is 1.96. The van der Waals surface area contributed by atoms with Crippen molar-refractivity contribution in [3.05, 3.63) is 42.1 Å². The SMILES string of the molecule is CS(=O)(=O)c1cccc(-c2ncc(C(F)(F)F)cc2OCCO)c1. The van der Waals surface area contributed by atoms with Crippen LogP contribution < -0.4 is 4.74 Å². The predicted molar refractivity (Wildman–Crippen MR) is 80.4 cm³/mol. The van der Waals surface area contributed by atoms with Crippen molar-refractivity contribution in [1.29, 1.82) is 0 Å². The Morgan fingerprint density at radius 3 is 2.54 bits per heavy atom. The van der Waals surface area contributed by atoms with Crippen molar-refractivity contribution in [2.75, 3.05) is 19.5 Å². The third kappa shape index (κ3) is 4.24. The molecule has 24 heavy (non-hydrogen) atoms. The Hall–Kier alpha value is -2.13. The van der Waals surface area contributed by atoms with Crippen molar-refractivity contribution in [3.8, 4) is 17.0 Å². The molecule has 5 nitrogen and oxygen atoms in total. The molecule has 0 atom stereocenters. The number of ether oxygens (including phenoxy) is 1. The summed E-state index contributed by atoms with van der Waals surface area (Å²) in [5, 5.41) is 8.82. The zero-order valence-electron chi connectivity index (χ0n) is 12.5. The molecule has 0 saturated carbocycles. The molecule has 0 saturated heterocycles. The Kier molecular flexibility index (Phi) is 5.14. The lowest BCUT2D eigenvalue weighted by molar-refractivity contribution is -0.137. The van der Waals surface area contributed by atoms with Crippen LogP contribution in [-0.2, 0) is 16.0 Å². The largest absolute Gasteiger partial charge is 0.489 e. The molecule has 9 heteroatoms. The van der Waals surface area contributed by atoms with E-state index in [-0.39, 0.29) is 29.6 Å². The van der Waals surface area contributed by atoms with Crippen molar-refractivity contribution < 1.29 is 31.4 Å². The lowest BCUT2D eigenvalue weighted by atomic mass is 10.1. The molecular weight excluding hydrogens is 347 g/mol. The number of aliphatic hydroxyl groups excluding tert-OH is 1. The van der Waals surface area contributed by atoms with Crippen LogP contribution in [0.15, 0.2) is 41.4 Å². The van der Waals surface area contributed by atoms with Gasteiger partial charge in [0.1, 0.15) is 18.1 Å². The van der Waals surface area contributed by atoms with E-state index in [1.54, 1.807) is 0 Å². The smallest absolute Gasteiger partial charge is 0.418 e. The summed E-state index contributed by atoms with van der Waals surface area (Å²) in [5.74, 6) is -0.190. The molecule has 2 rings (SSSR count). The number of sulfone groups is 1. The fraction of sp³-hybridized carbons (Fsp3) is 0.267. The minimum Gasteiger partial charge on any atom is -0.489 e. The van der Waals surface area contributed by atoms with E-state index < -0.39 is 21.6 Å². The third-order valence-electron chi connectivity index (χ3n) is 3.06. The van der Waals surface area contributed by atoms with Crippen molar-refractivity contribution in [2.24, 2.45) is 0 Å². The molecule has 1 heterocycles. The minimum absolute atomic E-state index is 0.00908. The number of halogens is 3. The predicted octanol–water partition coefficient (Wildman–Crippen LogP) is 2.54. The molecule has 1 N–H and O–H groups in total. The third-order valence-corrected chi connectivity index (χ3v) is 4.17. The van der Waals surface area contributed by atoms with Gasteiger partial charge in [0.25, 0.3) is 0 Å². The van der Waals surface area contributed by atoms with Gasteiger partial charge in [-0.1, -0.05) is 12.1 Å². The lowest BCUT2D eigenvalue weighted by Gasteiger charge is -2.14. The van der Waals surface area contributed by atoms with Gasteiger partial charge in [0.2, 0.25) is 0 Å². The molecule has 0 amide bonds. The second-order valence-corrected chi connectivity index (χ2v) is 6.96. The maximum absolute atomic E-state index is 12.8. The standard InChI is InChI=1S/C15H14F3NO4S/c1-24(21,22)12-4-2-3-10(7-12)14-13(23-6-5-20)8-11(9-19-14)15(16,17)18/h2-4,7-9,20H,5-6H2,1H3. The summed E-state index contributed by atoms with van der Waals surface area (Å²) >= 11 is 0. The molecule has 2 aromatic rings. The molecule has 0 spiro atoms. The number of hydrogen-bond acceptors (Lipinski definition) is 5. The first kappa shape index (κ1) is 18.2. The second kappa shape index (κ2) is 6.78. The zero-order valence-corrected chi connectivity index (χ0v) is 13.4. The van der Waals surface area contributed by atoms with Gasteiger partial charge >= 0.3 is 6.18 Å². The monoisotopic (exact) mass is 361 g/mol. The van der Waals surface area contributed by atoms with Gasteiger partial charge in [0, 0.05) is 18.0 Å². The highest BCUT2D eigenvalue weighted by Gasteiger charge is 2.32. The molecular formula is C15H14F3NO4S. The molecule has 0 aliphatic rings. The van der Waals surface area contributed by atoms with E-state index in [0.717, 1.165) is 12.3 Å². The maximum Gasteiger partial charge on any atom is 0.418 e. The van der Waals surface area contributed by atoms with Crippen LogP contribution in [0.3, 0.4) is 0 Å². The second-order valence-electron chi connectivity index (χ2n) is 4.94. The fourth-order valence-corrected chi connectivity index (χ4v) is 2.62. The Bertz CT molecular complexity index is 835. The van der Waals surface area contributed by atoms with Crippen LogP contribution >= 0.6 is 0 Å². The minimum atomic E-state index is -4.60. The van der Waals surface area contributed by atoms with Gasteiger partial charge in [0.05, 0.1) is 17.1 Å². The summed E-state index contributed by atoms with van der Waals surface area (Å²) < 4.78 is 66.9. The Morgan fingerprint density at radius 1 is 1.25 bits per heavy atom. The number of aliphatic hydroxyl groups is 1. The van der Waals surface area contributed by atoms with Gasteiger partial charge in [-0.2, -0.15) is 13.2 Å². The van der Waals surface area contributed by atoms with E-state index >= 15 is 0 Å².